The van der Waals surface area contributed by atoms with Gasteiger partial charge in [0, 0.05) is 32.3 Å². The van der Waals surface area contributed by atoms with Crippen molar-refractivity contribution in [3.63, 3.8) is 0 Å². The molecule has 214 valence electrons. The molecule has 0 spiro atoms. The second-order valence-electron chi connectivity index (χ2n) is 9.51. The normalized spacial score (nSPS) is 19.4. The molecule has 1 unspecified atom stereocenters. The molecule has 41 heavy (non-hydrogen) atoms. The number of morpholine rings is 1. The number of benzene rings is 3. The Morgan fingerprint density at radius 1 is 0.951 bits per heavy atom. The Labute approximate surface area is 238 Å². The van der Waals surface area contributed by atoms with Gasteiger partial charge in [0.05, 0.1) is 36.3 Å². The number of carbonyl (C=O) groups is 2. The van der Waals surface area contributed by atoms with Crippen LogP contribution in [0.1, 0.15) is 17.2 Å². The van der Waals surface area contributed by atoms with Gasteiger partial charge in [-0.15, -0.1) is 0 Å². The number of rotatable bonds is 9. The van der Waals surface area contributed by atoms with Gasteiger partial charge in [0.1, 0.15) is 17.3 Å². The van der Waals surface area contributed by atoms with Gasteiger partial charge in [0.15, 0.2) is 0 Å². The zero-order valence-electron chi connectivity index (χ0n) is 22.4. The molecule has 0 aliphatic carbocycles. The average Bonchev–Trinajstić information content (AvgIpc) is 3.26. The molecule has 3 aromatic carbocycles. The third-order valence-electron chi connectivity index (χ3n) is 6.96. The van der Waals surface area contributed by atoms with E-state index in [2.05, 4.69) is 0 Å². The lowest BCUT2D eigenvalue weighted by Gasteiger charge is -2.26. The minimum absolute atomic E-state index is 0.0545. The number of ether oxygens (including phenoxy) is 3. The van der Waals surface area contributed by atoms with Gasteiger partial charge in [-0.2, -0.15) is 4.31 Å². The van der Waals surface area contributed by atoms with Crippen molar-refractivity contribution in [1.82, 2.24) is 9.21 Å². The summed E-state index contributed by atoms with van der Waals surface area (Å²) < 4.78 is 43.8. The highest BCUT2D eigenvalue weighted by Crippen LogP contribution is 2.40. The Hall–Kier alpha value is -4.03. The van der Waals surface area contributed by atoms with E-state index >= 15 is 0 Å². The Bertz CT molecular complexity index is 1550. The summed E-state index contributed by atoms with van der Waals surface area (Å²) in [5, 5.41) is 11.4. The average molecular weight is 579 g/mol. The number of hydrogen-bond acceptors (Lipinski definition) is 8. The van der Waals surface area contributed by atoms with Gasteiger partial charge in [-0.3, -0.25) is 9.59 Å². The molecule has 1 amide bonds. The van der Waals surface area contributed by atoms with Gasteiger partial charge >= 0.3 is 0 Å². The van der Waals surface area contributed by atoms with Crippen LogP contribution in [0.3, 0.4) is 0 Å². The summed E-state index contributed by atoms with van der Waals surface area (Å²) in [5.74, 6) is -0.913. The number of hydrogen-bond donors (Lipinski definition) is 1. The molecule has 0 aromatic heterocycles. The number of methoxy groups -OCH3 is 1. The molecule has 2 saturated heterocycles. The van der Waals surface area contributed by atoms with E-state index in [4.69, 9.17) is 14.2 Å². The molecule has 11 heteroatoms. The molecule has 0 bridgehead atoms. The fraction of sp³-hybridized carbons (Fsp3) is 0.267. The lowest BCUT2D eigenvalue weighted by molar-refractivity contribution is -0.140. The van der Waals surface area contributed by atoms with Gasteiger partial charge in [0.2, 0.25) is 10.0 Å². The predicted octanol–water partition coefficient (Wildman–Crippen LogP) is 3.57. The van der Waals surface area contributed by atoms with Crippen LogP contribution in [-0.2, 0) is 29.1 Å². The highest BCUT2D eigenvalue weighted by Gasteiger charge is 2.46. The summed E-state index contributed by atoms with van der Waals surface area (Å²) >= 11 is 0. The minimum Gasteiger partial charge on any atom is -0.507 e. The Morgan fingerprint density at radius 2 is 1.63 bits per heavy atom. The van der Waals surface area contributed by atoms with Crippen molar-refractivity contribution in [2.45, 2.75) is 10.9 Å². The number of aliphatic hydroxyl groups is 1. The van der Waals surface area contributed by atoms with Crippen LogP contribution in [0.25, 0.3) is 5.76 Å². The largest absolute Gasteiger partial charge is 0.507 e. The molecule has 10 nitrogen and oxygen atoms in total. The van der Waals surface area contributed by atoms with Crippen molar-refractivity contribution in [3.8, 4) is 11.5 Å². The van der Waals surface area contributed by atoms with E-state index in [0.29, 0.717) is 30.3 Å². The number of nitrogens with zero attached hydrogens (tertiary/aromatic N) is 2. The molecule has 1 N–H and O–H groups in total. The summed E-state index contributed by atoms with van der Waals surface area (Å²) in [5.41, 5.74) is 0.658. The number of sulfonamides is 1. The predicted molar refractivity (Wildman–Crippen MR) is 150 cm³/mol. The second-order valence-corrected chi connectivity index (χ2v) is 11.5. The number of amides is 1. The lowest BCUT2D eigenvalue weighted by Crippen LogP contribution is -2.40. The van der Waals surface area contributed by atoms with E-state index in [1.54, 1.807) is 36.4 Å². The van der Waals surface area contributed by atoms with Crippen molar-refractivity contribution in [2.75, 3.05) is 46.6 Å². The quantitative estimate of drug-likeness (QED) is 0.232. The number of carbonyl (C=O) groups excluding carboxylic acids is 2. The van der Waals surface area contributed by atoms with Gasteiger partial charge < -0.3 is 24.2 Å². The minimum atomic E-state index is -3.75. The van der Waals surface area contributed by atoms with Gasteiger partial charge in [-0.05, 0) is 54.1 Å². The monoisotopic (exact) mass is 578 g/mol. The second kappa shape index (κ2) is 12.2. The fourth-order valence-corrected chi connectivity index (χ4v) is 6.30. The molecular weight excluding hydrogens is 548 g/mol. The number of para-hydroxylation sites is 1. The molecule has 3 aromatic rings. The zero-order chi connectivity index (χ0) is 29.0. The van der Waals surface area contributed by atoms with Gasteiger partial charge in [0.25, 0.3) is 11.7 Å². The third kappa shape index (κ3) is 5.89. The van der Waals surface area contributed by atoms with Gasteiger partial charge in [-0.25, -0.2) is 8.42 Å². The van der Waals surface area contributed by atoms with Crippen molar-refractivity contribution in [2.24, 2.45) is 0 Å². The van der Waals surface area contributed by atoms with Crippen molar-refractivity contribution in [3.05, 3.63) is 95.6 Å². The van der Waals surface area contributed by atoms with Crippen LogP contribution >= 0.6 is 0 Å². The standard InChI is InChI=1S/C30H30N2O8S/c1-38-17-16-32-27(22-6-5-9-24(20-22)40-23-7-3-2-4-8-23)26(29(34)30(32)35)28(33)21-10-12-25(13-11-21)41(36,37)31-14-18-39-19-15-31/h2-13,20,27,33H,14-19H2,1H3/b28-26-. The smallest absolute Gasteiger partial charge is 0.295 e. The number of Topliss-reactive ketones (excluding diaryl/α,β-unsaturated/α-hetero) is 1. The number of aliphatic hydroxyl groups excluding tert-OH is 1. The van der Waals surface area contributed by atoms with Crippen LogP contribution in [0.2, 0.25) is 0 Å². The van der Waals surface area contributed by atoms with Crippen LogP contribution < -0.4 is 4.74 Å². The van der Waals surface area contributed by atoms with Crippen LogP contribution in [0.4, 0.5) is 0 Å². The first-order valence-electron chi connectivity index (χ1n) is 13.1. The summed E-state index contributed by atoms with van der Waals surface area (Å²) in [4.78, 5) is 27.8. The van der Waals surface area contributed by atoms with Crippen LogP contribution in [0, 0.1) is 0 Å². The molecule has 0 radical (unpaired) electrons. The van der Waals surface area contributed by atoms with E-state index in [-0.39, 0.29) is 42.3 Å². The molecule has 5 rings (SSSR count). The van der Waals surface area contributed by atoms with Crippen molar-refractivity contribution < 1.29 is 37.3 Å². The maximum Gasteiger partial charge on any atom is 0.295 e. The van der Waals surface area contributed by atoms with Crippen LogP contribution in [0.5, 0.6) is 11.5 Å². The summed E-state index contributed by atoms with van der Waals surface area (Å²) in [6.45, 7) is 1.43. The Morgan fingerprint density at radius 3 is 2.32 bits per heavy atom. The number of ketones is 1. The molecule has 0 saturated carbocycles. The fourth-order valence-electron chi connectivity index (χ4n) is 4.90. The maximum absolute atomic E-state index is 13.3. The highest BCUT2D eigenvalue weighted by molar-refractivity contribution is 7.89. The van der Waals surface area contributed by atoms with E-state index in [0.717, 1.165) is 0 Å². The first-order valence-corrected chi connectivity index (χ1v) is 14.5. The van der Waals surface area contributed by atoms with E-state index in [1.807, 2.05) is 18.2 Å². The Kier molecular flexibility index (Phi) is 8.50. The van der Waals surface area contributed by atoms with Crippen LogP contribution in [0.15, 0.2) is 89.3 Å². The molecule has 2 aliphatic rings. The maximum atomic E-state index is 13.3. The number of likely N-dealkylation sites (tertiary alicyclic amines) is 1. The van der Waals surface area contributed by atoms with Gasteiger partial charge in [-0.1, -0.05) is 30.3 Å². The molecule has 2 heterocycles. The van der Waals surface area contributed by atoms with Crippen LogP contribution in [-0.4, -0.2) is 81.0 Å². The summed E-state index contributed by atoms with van der Waals surface area (Å²) in [7, 11) is -2.26. The third-order valence-corrected chi connectivity index (χ3v) is 8.88. The zero-order valence-corrected chi connectivity index (χ0v) is 23.2. The van der Waals surface area contributed by atoms with E-state index < -0.39 is 33.5 Å². The van der Waals surface area contributed by atoms with E-state index in [1.165, 1.54) is 40.6 Å². The SMILES string of the molecule is COCCN1C(=O)C(=O)/C(=C(\O)c2ccc(S(=O)(=O)N3CCOCC3)cc2)C1c1cccc(Oc2ccccc2)c1. The highest BCUT2D eigenvalue weighted by atomic mass is 32.2. The van der Waals surface area contributed by atoms with Crippen molar-refractivity contribution in [1.29, 1.82) is 0 Å². The lowest BCUT2D eigenvalue weighted by atomic mass is 9.95. The molecule has 2 aliphatic heterocycles. The molecule has 1 atom stereocenters. The first kappa shape index (κ1) is 28.5. The molecular formula is C30H30N2O8S. The summed E-state index contributed by atoms with van der Waals surface area (Å²) in [6, 6.07) is 20.8. The summed E-state index contributed by atoms with van der Waals surface area (Å²) in [6.07, 6.45) is 0. The molecule has 2 fully saturated rings. The first-order chi connectivity index (χ1) is 19.8. The van der Waals surface area contributed by atoms with Crippen molar-refractivity contribution >= 4 is 27.5 Å². The topological polar surface area (TPSA) is 123 Å². The van der Waals surface area contributed by atoms with E-state index in [9.17, 15) is 23.1 Å². The Balaban J connectivity index is 1.52.